The third-order valence-corrected chi connectivity index (χ3v) is 4.59. The van der Waals surface area contributed by atoms with Gasteiger partial charge in [-0.25, -0.2) is 9.97 Å². The van der Waals surface area contributed by atoms with E-state index in [1.807, 2.05) is 0 Å². The molecule has 2 fully saturated rings. The van der Waals surface area contributed by atoms with Crippen LogP contribution in [-0.2, 0) is 0 Å². The van der Waals surface area contributed by atoms with Gasteiger partial charge in [0.25, 0.3) is 0 Å². The lowest BCUT2D eigenvalue weighted by atomic mass is 9.98. The van der Waals surface area contributed by atoms with Gasteiger partial charge in [-0.3, -0.25) is 0 Å². The standard InChI is InChI=1S/C15H22BrN3/c1-2-5-12-6-3-4-9-19(12)14-10-13(16)17-15(18-14)11-7-8-11/h10-12H,2-9H2,1H3. The fourth-order valence-electron chi connectivity index (χ4n) is 3.03. The third-order valence-electron chi connectivity index (χ3n) is 4.18. The van der Waals surface area contributed by atoms with Crippen molar-refractivity contribution in [2.75, 3.05) is 11.4 Å². The van der Waals surface area contributed by atoms with Gasteiger partial charge in [0.2, 0.25) is 0 Å². The minimum absolute atomic E-state index is 0.616. The van der Waals surface area contributed by atoms with E-state index in [1.54, 1.807) is 0 Å². The molecule has 1 aromatic heterocycles. The van der Waals surface area contributed by atoms with Crippen LogP contribution in [-0.4, -0.2) is 22.6 Å². The lowest BCUT2D eigenvalue weighted by molar-refractivity contribution is 0.431. The number of rotatable bonds is 4. The zero-order chi connectivity index (χ0) is 13.2. The quantitative estimate of drug-likeness (QED) is 0.774. The second kappa shape index (κ2) is 5.78. The Hall–Kier alpha value is -0.640. The Labute approximate surface area is 124 Å². The van der Waals surface area contributed by atoms with Gasteiger partial charge < -0.3 is 4.90 Å². The summed E-state index contributed by atoms with van der Waals surface area (Å²) in [7, 11) is 0. The SMILES string of the molecule is CCCC1CCCCN1c1cc(Br)nc(C2CC2)n1. The van der Waals surface area contributed by atoms with Crippen molar-refractivity contribution in [3.8, 4) is 0 Å². The first-order valence-corrected chi connectivity index (χ1v) is 8.38. The van der Waals surface area contributed by atoms with Gasteiger partial charge in [-0.2, -0.15) is 0 Å². The Balaban J connectivity index is 1.86. The summed E-state index contributed by atoms with van der Waals surface area (Å²) in [6, 6.07) is 2.77. The molecule has 1 aliphatic heterocycles. The summed E-state index contributed by atoms with van der Waals surface area (Å²) < 4.78 is 0.945. The fraction of sp³-hybridized carbons (Fsp3) is 0.733. The summed E-state index contributed by atoms with van der Waals surface area (Å²) in [5.74, 6) is 2.80. The zero-order valence-corrected chi connectivity index (χ0v) is 13.2. The number of piperidine rings is 1. The first-order valence-electron chi connectivity index (χ1n) is 7.59. The highest BCUT2D eigenvalue weighted by atomic mass is 79.9. The summed E-state index contributed by atoms with van der Waals surface area (Å²) in [4.78, 5) is 11.9. The van der Waals surface area contributed by atoms with Crippen LogP contribution in [0.2, 0.25) is 0 Å². The summed E-state index contributed by atoms with van der Waals surface area (Å²) in [5.41, 5.74) is 0. The highest BCUT2D eigenvalue weighted by Gasteiger charge is 2.29. The monoisotopic (exact) mass is 323 g/mol. The van der Waals surface area contributed by atoms with Gasteiger partial charge in [-0.05, 0) is 54.5 Å². The fourth-order valence-corrected chi connectivity index (χ4v) is 3.42. The summed E-state index contributed by atoms with van der Waals surface area (Å²) >= 11 is 3.56. The van der Waals surface area contributed by atoms with Crippen molar-refractivity contribution in [2.24, 2.45) is 0 Å². The molecular formula is C15H22BrN3. The molecule has 1 aliphatic carbocycles. The maximum Gasteiger partial charge on any atom is 0.135 e. The van der Waals surface area contributed by atoms with Crippen LogP contribution in [0, 0.1) is 0 Å². The summed E-state index contributed by atoms with van der Waals surface area (Å²) in [5, 5.41) is 0. The van der Waals surface area contributed by atoms with Crippen LogP contribution in [0.25, 0.3) is 0 Å². The van der Waals surface area contributed by atoms with Crippen LogP contribution in [0.15, 0.2) is 10.7 Å². The van der Waals surface area contributed by atoms with Crippen LogP contribution in [0.3, 0.4) is 0 Å². The molecule has 2 heterocycles. The lowest BCUT2D eigenvalue weighted by Gasteiger charge is -2.36. The molecule has 3 rings (SSSR count). The second-order valence-electron chi connectivity index (χ2n) is 5.81. The van der Waals surface area contributed by atoms with Gasteiger partial charge in [0.05, 0.1) is 0 Å². The molecular weight excluding hydrogens is 302 g/mol. The molecule has 0 spiro atoms. The van der Waals surface area contributed by atoms with Crippen molar-refractivity contribution < 1.29 is 0 Å². The first-order chi connectivity index (χ1) is 9.28. The molecule has 1 atom stereocenters. The maximum atomic E-state index is 4.84. The molecule has 3 nitrogen and oxygen atoms in total. The van der Waals surface area contributed by atoms with E-state index in [1.165, 1.54) is 44.9 Å². The van der Waals surface area contributed by atoms with Gasteiger partial charge >= 0.3 is 0 Å². The molecule has 0 aromatic carbocycles. The predicted octanol–water partition coefficient (Wildman–Crippen LogP) is 4.28. The van der Waals surface area contributed by atoms with Crippen molar-refractivity contribution in [3.05, 3.63) is 16.5 Å². The van der Waals surface area contributed by atoms with Crippen molar-refractivity contribution in [1.82, 2.24) is 9.97 Å². The van der Waals surface area contributed by atoms with E-state index in [9.17, 15) is 0 Å². The first kappa shape index (κ1) is 13.3. The molecule has 104 valence electrons. The number of hydrogen-bond donors (Lipinski definition) is 0. The van der Waals surface area contributed by atoms with E-state index in [-0.39, 0.29) is 0 Å². The van der Waals surface area contributed by atoms with Gasteiger partial charge in [-0.15, -0.1) is 0 Å². The van der Waals surface area contributed by atoms with Crippen molar-refractivity contribution >= 4 is 21.7 Å². The van der Waals surface area contributed by atoms with E-state index >= 15 is 0 Å². The van der Waals surface area contributed by atoms with Crippen LogP contribution < -0.4 is 4.90 Å². The Kier molecular flexibility index (Phi) is 4.06. The van der Waals surface area contributed by atoms with Gasteiger partial charge in [0, 0.05) is 24.6 Å². The highest BCUT2D eigenvalue weighted by molar-refractivity contribution is 9.10. The van der Waals surface area contributed by atoms with Gasteiger partial charge in [-0.1, -0.05) is 13.3 Å². The number of hydrogen-bond acceptors (Lipinski definition) is 3. The predicted molar refractivity (Wildman–Crippen MR) is 81.6 cm³/mol. The van der Waals surface area contributed by atoms with E-state index in [0.717, 1.165) is 22.8 Å². The average molecular weight is 324 g/mol. The highest BCUT2D eigenvalue weighted by Crippen LogP contribution is 2.39. The van der Waals surface area contributed by atoms with Crippen LogP contribution in [0.4, 0.5) is 5.82 Å². The Bertz CT molecular complexity index is 443. The normalized spacial score (nSPS) is 23.7. The van der Waals surface area contributed by atoms with Crippen LogP contribution in [0.5, 0.6) is 0 Å². The largest absolute Gasteiger partial charge is 0.353 e. The molecule has 1 saturated heterocycles. The van der Waals surface area contributed by atoms with E-state index in [2.05, 4.69) is 38.8 Å². The smallest absolute Gasteiger partial charge is 0.135 e. The number of anilines is 1. The third kappa shape index (κ3) is 3.10. The number of halogens is 1. The van der Waals surface area contributed by atoms with Crippen molar-refractivity contribution in [2.45, 2.75) is 63.8 Å². The number of nitrogens with zero attached hydrogens (tertiary/aromatic N) is 3. The van der Waals surface area contributed by atoms with E-state index in [0.29, 0.717) is 12.0 Å². The maximum absolute atomic E-state index is 4.84. The summed E-state index contributed by atoms with van der Waals surface area (Å²) in [6.45, 7) is 3.43. The van der Waals surface area contributed by atoms with Crippen LogP contribution in [0.1, 0.15) is 63.6 Å². The topological polar surface area (TPSA) is 29.0 Å². The van der Waals surface area contributed by atoms with Crippen molar-refractivity contribution in [3.63, 3.8) is 0 Å². The Morgan fingerprint density at radius 1 is 1.26 bits per heavy atom. The van der Waals surface area contributed by atoms with Gasteiger partial charge in [0.15, 0.2) is 0 Å². The Morgan fingerprint density at radius 3 is 2.84 bits per heavy atom. The second-order valence-corrected chi connectivity index (χ2v) is 6.63. The van der Waals surface area contributed by atoms with E-state index < -0.39 is 0 Å². The summed E-state index contributed by atoms with van der Waals surface area (Å²) in [6.07, 6.45) is 9.02. The Morgan fingerprint density at radius 2 is 2.11 bits per heavy atom. The van der Waals surface area contributed by atoms with E-state index in [4.69, 9.17) is 4.98 Å². The molecule has 4 heteroatoms. The molecule has 1 aromatic rings. The molecule has 2 aliphatic rings. The molecule has 19 heavy (non-hydrogen) atoms. The molecule has 1 saturated carbocycles. The number of aromatic nitrogens is 2. The average Bonchev–Trinajstić information content (AvgIpc) is 3.23. The minimum Gasteiger partial charge on any atom is -0.353 e. The molecule has 0 amide bonds. The molecule has 0 bridgehead atoms. The van der Waals surface area contributed by atoms with Gasteiger partial charge in [0.1, 0.15) is 16.2 Å². The zero-order valence-electron chi connectivity index (χ0n) is 11.6. The molecule has 0 radical (unpaired) electrons. The lowest BCUT2D eigenvalue weighted by Crippen LogP contribution is -2.40. The molecule has 1 unspecified atom stereocenters. The van der Waals surface area contributed by atoms with Crippen molar-refractivity contribution in [1.29, 1.82) is 0 Å². The van der Waals surface area contributed by atoms with Crippen LogP contribution >= 0.6 is 15.9 Å². The molecule has 0 N–H and O–H groups in total. The minimum atomic E-state index is 0.616.